The highest BCUT2D eigenvalue weighted by molar-refractivity contribution is 9.10. The Kier molecular flexibility index (Phi) is 4.94. The molecule has 0 spiro atoms. The quantitative estimate of drug-likeness (QED) is 0.840. The minimum absolute atomic E-state index is 0.0609. The Labute approximate surface area is 130 Å². The van der Waals surface area contributed by atoms with Gasteiger partial charge in [0.1, 0.15) is 5.82 Å². The molecule has 5 heteroatoms. The maximum atomic E-state index is 13.5. The van der Waals surface area contributed by atoms with Crippen molar-refractivity contribution in [1.82, 2.24) is 5.32 Å². The zero-order chi connectivity index (χ0) is 14.7. The number of hydrogen-bond acceptors (Lipinski definition) is 2. The van der Waals surface area contributed by atoms with Gasteiger partial charge < -0.3 is 5.32 Å². The number of halogens is 2. The standard InChI is InChI=1S/C15H15BrFNOS/c1-9(2)14(13-4-3-7-20-13)18-15(19)10-5-6-11(16)12(17)8-10/h3-9,14H,1-2H3,(H,18,19). The van der Waals surface area contributed by atoms with Crippen LogP contribution in [-0.4, -0.2) is 5.91 Å². The van der Waals surface area contributed by atoms with Crippen LogP contribution in [0.15, 0.2) is 40.2 Å². The summed E-state index contributed by atoms with van der Waals surface area (Å²) in [6.45, 7) is 4.10. The fourth-order valence-electron chi connectivity index (χ4n) is 1.90. The summed E-state index contributed by atoms with van der Waals surface area (Å²) in [6, 6.07) is 8.28. The second-order valence-corrected chi connectivity index (χ2v) is 6.67. The van der Waals surface area contributed by atoms with Crippen molar-refractivity contribution in [2.45, 2.75) is 19.9 Å². The molecule has 20 heavy (non-hydrogen) atoms. The van der Waals surface area contributed by atoms with Gasteiger partial charge in [-0.25, -0.2) is 4.39 Å². The molecule has 0 saturated carbocycles. The fourth-order valence-corrected chi connectivity index (χ4v) is 3.09. The summed E-state index contributed by atoms with van der Waals surface area (Å²) in [5.41, 5.74) is 0.327. The van der Waals surface area contributed by atoms with Crippen molar-refractivity contribution in [2.75, 3.05) is 0 Å². The Balaban J connectivity index is 2.18. The van der Waals surface area contributed by atoms with Crippen LogP contribution >= 0.6 is 27.3 Å². The van der Waals surface area contributed by atoms with Crippen LogP contribution in [0.25, 0.3) is 0 Å². The average molecular weight is 356 g/mol. The van der Waals surface area contributed by atoms with E-state index in [2.05, 4.69) is 21.2 Å². The van der Waals surface area contributed by atoms with E-state index in [-0.39, 0.29) is 17.9 Å². The molecular formula is C15H15BrFNOS. The molecule has 2 aromatic rings. The molecule has 1 unspecified atom stereocenters. The molecule has 1 heterocycles. The molecule has 2 rings (SSSR count). The Hall–Kier alpha value is -1.20. The number of rotatable bonds is 4. The summed E-state index contributed by atoms with van der Waals surface area (Å²) in [5.74, 6) is -0.434. The summed E-state index contributed by atoms with van der Waals surface area (Å²) in [4.78, 5) is 13.3. The van der Waals surface area contributed by atoms with Gasteiger partial charge in [-0.05, 0) is 51.5 Å². The van der Waals surface area contributed by atoms with Gasteiger partial charge in [0.25, 0.3) is 5.91 Å². The van der Waals surface area contributed by atoms with E-state index in [1.807, 2.05) is 31.4 Å². The third kappa shape index (κ3) is 3.46. The highest BCUT2D eigenvalue weighted by Gasteiger charge is 2.20. The van der Waals surface area contributed by atoms with Crippen LogP contribution in [0.3, 0.4) is 0 Å². The maximum Gasteiger partial charge on any atom is 0.251 e. The Morgan fingerprint density at radius 2 is 2.10 bits per heavy atom. The first kappa shape index (κ1) is 15.2. The normalized spacial score (nSPS) is 12.4. The number of carbonyl (C=O) groups is 1. The van der Waals surface area contributed by atoms with E-state index < -0.39 is 5.82 Å². The average Bonchev–Trinajstić information content (AvgIpc) is 2.92. The molecule has 1 aromatic carbocycles. The molecule has 0 saturated heterocycles. The van der Waals surface area contributed by atoms with Crippen LogP contribution in [-0.2, 0) is 0 Å². The maximum absolute atomic E-state index is 13.5. The van der Waals surface area contributed by atoms with E-state index in [4.69, 9.17) is 0 Å². The number of nitrogens with one attached hydrogen (secondary N) is 1. The van der Waals surface area contributed by atoms with Crippen LogP contribution in [0.5, 0.6) is 0 Å². The molecule has 0 radical (unpaired) electrons. The molecule has 1 aromatic heterocycles. The third-order valence-corrected chi connectivity index (χ3v) is 4.58. The molecule has 1 atom stereocenters. The molecule has 0 bridgehead atoms. The van der Waals surface area contributed by atoms with Gasteiger partial charge in [0, 0.05) is 10.4 Å². The van der Waals surface area contributed by atoms with Crippen molar-refractivity contribution in [3.8, 4) is 0 Å². The SMILES string of the molecule is CC(C)C(NC(=O)c1ccc(Br)c(F)c1)c1cccs1. The lowest BCUT2D eigenvalue weighted by Crippen LogP contribution is -2.31. The molecule has 106 valence electrons. The number of thiophene rings is 1. The zero-order valence-corrected chi connectivity index (χ0v) is 13.6. The Morgan fingerprint density at radius 1 is 1.35 bits per heavy atom. The first-order chi connectivity index (χ1) is 9.49. The molecule has 0 aliphatic heterocycles. The minimum Gasteiger partial charge on any atom is -0.344 e. The number of hydrogen-bond donors (Lipinski definition) is 1. The predicted octanol–water partition coefficient (Wildman–Crippen LogP) is 4.78. The number of benzene rings is 1. The third-order valence-electron chi connectivity index (χ3n) is 2.98. The lowest BCUT2D eigenvalue weighted by Gasteiger charge is -2.21. The smallest absolute Gasteiger partial charge is 0.251 e. The van der Waals surface area contributed by atoms with E-state index in [0.29, 0.717) is 10.0 Å². The van der Waals surface area contributed by atoms with Gasteiger partial charge >= 0.3 is 0 Å². The second-order valence-electron chi connectivity index (χ2n) is 4.84. The van der Waals surface area contributed by atoms with E-state index in [1.165, 1.54) is 6.07 Å². The largest absolute Gasteiger partial charge is 0.344 e. The first-order valence-electron chi connectivity index (χ1n) is 6.28. The minimum atomic E-state index is -0.435. The Morgan fingerprint density at radius 3 is 2.65 bits per heavy atom. The molecule has 1 amide bonds. The molecule has 1 N–H and O–H groups in total. The van der Waals surface area contributed by atoms with Crippen molar-refractivity contribution in [1.29, 1.82) is 0 Å². The van der Waals surface area contributed by atoms with Gasteiger partial charge in [-0.3, -0.25) is 4.79 Å². The van der Waals surface area contributed by atoms with E-state index in [9.17, 15) is 9.18 Å². The lowest BCUT2D eigenvalue weighted by molar-refractivity contribution is 0.0926. The van der Waals surface area contributed by atoms with Crippen molar-refractivity contribution in [3.05, 3.63) is 56.4 Å². The van der Waals surface area contributed by atoms with Gasteiger partial charge in [-0.1, -0.05) is 19.9 Å². The zero-order valence-electron chi connectivity index (χ0n) is 11.2. The van der Waals surface area contributed by atoms with E-state index in [1.54, 1.807) is 23.5 Å². The summed E-state index contributed by atoms with van der Waals surface area (Å²) < 4.78 is 13.8. The first-order valence-corrected chi connectivity index (χ1v) is 7.95. The summed E-state index contributed by atoms with van der Waals surface area (Å²) in [7, 11) is 0. The van der Waals surface area contributed by atoms with Crippen LogP contribution in [0.2, 0.25) is 0 Å². The van der Waals surface area contributed by atoms with Crippen molar-refractivity contribution >= 4 is 33.2 Å². The molecule has 0 aliphatic rings. The van der Waals surface area contributed by atoms with Crippen LogP contribution < -0.4 is 5.32 Å². The van der Waals surface area contributed by atoms with Gasteiger partial charge in [0.2, 0.25) is 0 Å². The second kappa shape index (κ2) is 6.50. The van der Waals surface area contributed by atoms with Gasteiger partial charge in [-0.15, -0.1) is 11.3 Å². The highest BCUT2D eigenvalue weighted by Crippen LogP contribution is 2.26. The fraction of sp³-hybridized carbons (Fsp3) is 0.267. The van der Waals surface area contributed by atoms with Crippen LogP contribution in [0, 0.1) is 11.7 Å². The van der Waals surface area contributed by atoms with E-state index in [0.717, 1.165) is 4.88 Å². The molecular weight excluding hydrogens is 341 g/mol. The molecule has 0 aliphatic carbocycles. The summed E-state index contributed by atoms with van der Waals surface area (Å²) in [6.07, 6.45) is 0. The van der Waals surface area contributed by atoms with Gasteiger partial charge in [0.05, 0.1) is 10.5 Å². The lowest BCUT2D eigenvalue weighted by atomic mass is 10.0. The highest BCUT2D eigenvalue weighted by atomic mass is 79.9. The van der Waals surface area contributed by atoms with Gasteiger partial charge in [-0.2, -0.15) is 0 Å². The predicted molar refractivity (Wildman–Crippen MR) is 83.5 cm³/mol. The number of carbonyl (C=O) groups excluding carboxylic acids is 1. The van der Waals surface area contributed by atoms with Crippen LogP contribution in [0.1, 0.15) is 35.1 Å². The van der Waals surface area contributed by atoms with Gasteiger partial charge in [0.15, 0.2) is 0 Å². The summed E-state index contributed by atoms with van der Waals surface area (Å²) >= 11 is 4.68. The number of amides is 1. The Bertz CT molecular complexity index is 598. The molecule has 0 fully saturated rings. The van der Waals surface area contributed by atoms with Crippen molar-refractivity contribution in [2.24, 2.45) is 5.92 Å². The monoisotopic (exact) mass is 355 g/mol. The van der Waals surface area contributed by atoms with E-state index >= 15 is 0 Å². The summed E-state index contributed by atoms with van der Waals surface area (Å²) in [5, 5.41) is 4.95. The molecule has 2 nitrogen and oxygen atoms in total. The topological polar surface area (TPSA) is 29.1 Å². The van der Waals surface area contributed by atoms with Crippen molar-refractivity contribution < 1.29 is 9.18 Å². The van der Waals surface area contributed by atoms with Crippen LogP contribution in [0.4, 0.5) is 4.39 Å². The van der Waals surface area contributed by atoms with Crippen molar-refractivity contribution in [3.63, 3.8) is 0 Å².